The molecule has 5 heteroatoms. The minimum atomic E-state index is -0.884. The first-order valence-corrected chi connectivity index (χ1v) is 5.19. The first-order chi connectivity index (χ1) is 7.02. The van der Waals surface area contributed by atoms with Crippen molar-refractivity contribution in [2.45, 2.75) is 25.3 Å². The normalized spacial score (nSPS) is 21.4. The van der Waals surface area contributed by atoms with Gasteiger partial charge in [-0.05, 0) is 33.5 Å². The van der Waals surface area contributed by atoms with Gasteiger partial charge in [-0.1, -0.05) is 0 Å². The minimum Gasteiger partial charge on any atom is -0.480 e. The Bertz CT molecular complexity index is 253. The molecule has 1 atom stereocenters. The third kappa shape index (κ3) is 3.20. The van der Waals surface area contributed by atoms with Crippen LogP contribution in [0.4, 0.5) is 0 Å². The highest BCUT2D eigenvalue weighted by molar-refractivity contribution is 5.87. The minimum absolute atomic E-state index is 0.0267. The molecule has 1 fully saturated rings. The van der Waals surface area contributed by atoms with Crippen molar-refractivity contribution in [3.63, 3.8) is 0 Å². The van der Waals surface area contributed by atoms with Gasteiger partial charge in [0.2, 0.25) is 5.91 Å². The highest BCUT2D eigenvalue weighted by Gasteiger charge is 2.35. The zero-order valence-electron chi connectivity index (χ0n) is 9.27. The van der Waals surface area contributed by atoms with Crippen LogP contribution >= 0.6 is 0 Å². The topological polar surface area (TPSA) is 60.9 Å². The zero-order valence-corrected chi connectivity index (χ0v) is 9.27. The molecule has 1 N–H and O–H groups in total. The Hall–Kier alpha value is -1.10. The second-order valence-corrected chi connectivity index (χ2v) is 4.14. The molecule has 0 spiro atoms. The van der Waals surface area contributed by atoms with Gasteiger partial charge < -0.3 is 14.9 Å². The number of aliphatic carboxylic acids is 1. The summed E-state index contributed by atoms with van der Waals surface area (Å²) in [7, 11) is 3.92. The molecule has 1 unspecified atom stereocenters. The Kier molecular flexibility index (Phi) is 4.08. The third-order valence-corrected chi connectivity index (χ3v) is 2.62. The molecular formula is C10H18N2O3. The zero-order chi connectivity index (χ0) is 11.4. The van der Waals surface area contributed by atoms with Gasteiger partial charge in [0, 0.05) is 13.0 Å². The maximum Gasteiger partial charge on any atom is 0.326 e. The Morgan fingerprint density at radius 2 is 2.27 bits per heavy atom. The fourth-order valence-corrected chi connectivity index (χ4v) is 1.83. The van der Waals surface area contributed by atoms with Crippen molar-refractivity contribution in [1.82, 2.24) is 9.80 Å². The maximum absolute atomic E-state index is 11.4. The quantitative estimate of drug-likeness (QED) is 0.700. The average molecular weight is 214 g/mol. The molecular weight excluding hydrogens is 196 g/mol. The summed E-state index contributed by atoms with van der Waals surface area (Å²) >= 11 is 0. The predicted molar refractivity (Wildman–Crippen MR) is 55.5 cm³/mol. The number of carboxylic acid groups (broad SMARTS) is 1. The lowest BCUT2D eigenvalue weighted by Gasteiger charge is -2.22. The third-order valence-electron chi connectivity index (χ3n) is 2.62. The molecule has 1 aliphatic rings. The number of hydrogen-bond donors (Lipinski definition) is 1. The van der Waals surface area contributed by atoms with Crippen LogP contribution in [0.2, 0.25) is 0 Å². The van der Waals surface area contributed by atoms with Gasteiger partial charge in [0.15, 0.2) is 0 Å². The molecule has 1 aliphatic heterocycles. The molecule has 1 saturated heterocycles. The Labute approximate surface area is 89.7 Å². The number of carboxylic acids is 1. The van der Waals surface area contributed by atoms with Crippen LogP contribution in [0.3, 0.4) is 0 Å². The van der Waals surface area contributed by atoms with Crippen molar-refractivity contribution in [1.29, 1.82) is 0 Å². The number of rotatable bonds is 5. The summed E-state index contributed by atoms with van der Waals surface area (Å²) in [5.74, 6) is -0.910. The molecule has 1 rings (SSSR count). The predicted octanol–water partition coefficient (Wildman–Crippen LogP) is 0.0137. The largest absolute Gasteiger partial charge is 0.480 e. The average Bonchev–Trinajstić information content (AvgIpc) is 2.47. The monoisotopic (exact) mass is 214 g/mol. The summed E-state index contributed by atoms with van der Waals surface area (Å²) in [6.07, 6.45) is 1.65. The lowest BCUT2D eigenvalue weighted by Crippen LogP contribution is -2.39. The van der Waals surface area contributed by atoms with Gasteiger partial charge in [-0.3, -0.25) is 4.79 Å². The van der Waals surface area contributed by atoms with Gasteiger partial charge in [0.05, 0.1) is 0 Å². The van der Waals surface area contributed by atoms with E-state index >= 15 is 0 Å². The van der Waals surface area contributed by atoms with Gasteiger partial charge in [-0.2, -0.15) is 0 Å². The van der Waals surface area contributed by atoms with Crippen molar-refractivity contribution in [2.24, 2.45) is 0 Å². The van der Waals surface area contributed by atoms with Crippen molar-refractivity contribution >= 4 is 11.9 Å². The molecule has 0 aromatic carbocycles. The van der Waals surface area contributed by atoms with Gasteiger partial charge in [0.1, 0.15) is 6.04 Å². The van der Waals surface area contributed by atoms with E-state index in [0.29, 0.717) is 19.4 Å². The molecule has 0 saturated carbocycles. The van der Waals surface area contributed by atoms with E-state index in [4.69, 9.17) is 5.11 Å². The highest BCUT2D eigenvalue weighted by atomic mass is 16.4. The lowest BCUT2D eigenvalue weighted by atomic mass is 10.2. The van der Waals surface area contributed by atoms with Crippen LogP contribution in [-0.4, -0.2) is 60.0 Å². The Balaban J connectivity index is 2.43. The lowest BCUT2D eigenvalue weighted by molar-refractivity contribution is -0.146. The standard InChI is InChI=1S/C10H18N2O3/c1-11(2)6-3-7-12-8(10(14)15)4-5-9(12)13/h8H,3-7H2,1-2H3,(H,14,15). The van der Waals surface area contributed by atoms with Crippen molar-refractivity contribution in [3.8, 4) is 0 Å². The van der Waals surface area contributed by atoms with E-state index < -0.39 is 12.0 Å². The Morgan fingerprint density at radius 3 is 2.80 bits per heavy atom. The van der Waals surface area contributed by atoms with Crippen LogP contribution in [-0.2, 0) is 9.59 Å². The van der Waals surface area contributed by atoms with E-state index in [-0.39, 0.29) is 5.91 Å². The van der Waals surface area contributed by atoms with E-state index in [1.165, 1.54) is 4.90 Å². The first-order valence-electron chi connectivity index (χ1n) is 5.19. The van der Waals surface area contributed by atoms with Gasteiger partial charge >= 0.3 is 5.97 Å². The molecule has 15 heavy (non-hydrogen) atoms. The summed E-state index contributed by atoms with van der Waals surface area (Å²) in [6, 6.07) is -0.598. The van der Waals surface area contributed by atoms with Crippen molar-refractivity contribution in [3.05, 3.63) is 0 Å². The smallest absolute Gasteiger partial charge is 0.326 e. The molecule has 0 aromatic rings. The van der Waals surface area contributed by atoms with Gasteiger partial charge in [-0.25, -0.2) is 4.79 Å². The highest BCUT2D eigenvalue weighted by Crippen LogP contribution is 2.18. The second kappa shape index (κ2) is 5.11. The summed E-state index contributed by atoms with van der Waals surface area (Å²) in [5.41, 5.74) is 0. The molecule has 1 amide bonds. The summed E-state index contributed by atoms with van der Waals surface area (Å²) in [5, 5.41) is 8.91. The fraction of sp³-hybridized carbons (Fsp3) is 0.800. The molecule has 5 nitrogen and oxygen atoms in total. The van der Waals surface area contributed by atoms with Gasteiger partial charge in [0.25, 0.3) is 0 Å². The van der Waals surface area contributed by atoms with Crippen molar-refractivity contribution < 1.29 is 14.7 Å². The van der Waals surface area contributed by atoms with E-state index in [9.17, 15) is 9.59 Å². The molecule has 0 radical (unpaired) electrons. The van der Waals surface area contributed by atoms with Crippen LogP contribution in [0, 0.1) is 0 Å². The number of hydrogen-bond acceptors (Lipinski definition) is 3. The molecule has 0 aliphatic carbocycles. The van der Waals surface area contributed by atoms with E-state index in [1.54, 1.807) is 0 Å². The Morgan fingerprint density at radius 1 is 1.60 bits per heavy atom. The summed E-state index contributed by atoms with van der Waals surface area (Å²) < 4.78 is 0. The molecule has 1 heterocycles. The SMILES string of the molecule is CN(C)CCCN1C(=O)CCC1C(=O)O. The first kappa shape index (κ1) is 12.0. The van der Waals surface area contributed by atoms with Crippen LogP contribution in [0.5, 0.6) is 0 Å². The van der Waals surface area contributed by atoms with E-state index in [1.807, 2.05) is 19.0 Å². The number of amides is 1. The molecule has 0 aromatic heterocycles. The van der Waals surface area contributed by atoms with Crippen LogP contribution in [0.1, 0.15) is 19.3 Å². The number of likely N-dealkylation sites (tertiary alicyclic amines) is 1. The fourth-order valence-electron chi connectivity index (χ4n) is 1.83. The molecule has 0 bridgehead atoms. The van der Waals surface area contributed by atoms with Crippen LogP contribution in [0.25, 0.3) is 0 Å². The second-order valence-electron chi connectivity index (χ2n) is 4.14. The van der Waals surface area contributed by atoms with Crippen molar-refractivity contribution in [2.75, 3.05) is 27.2 Å². The summed E-state index contributed by atoms with van der Waals surface area (Å²) in [6.45, 7) is 1.42. The summed E-state index contributed by atoms with van der Waals surface area (Å²) in [4.78, 5) is 25.8. The van der Waals surface area contributed by atoms with Gasteiger partial charge in [-0.15, -0.1) is 0 Å². The maximum atomic E-state index is 11.4. The van der Waals surface area contributed by atoms with Crippen LogP contribution < -0.4 is 0 Å². The van der Waals surface area contributed by atoms with E-state index in [2.05, 4.69) is 0 Å². The number of carbonyl (C=O) groups is 2. The van der Waals surface area contributed by atoms with E-state index in [0.717, 1.165) is 13.0 Å². The number of nitrogens with zero attached hydrogens (tertiary/aromatic N) is 2. The van der Waals surface area contributed by atoms with Crippen LogP contribution in [0.15, 0.2) is 0 Å². The molecule has 86 valence electrons. The number of carbonyl (C=O) groups excluding carboxylic acids is 1.